The van der Waals surface area contributed by atoms with Crippen LogP contribution in [0.3, 0.4) is 0 Å². The van der Waals surface area contributed by atoms with Gasteiger partial charge in [-0.05, 0) is 121 Å². The smallest absolute Gasteiger partial charge is 0.0555 e. The van der Waals surface area contributed by atoms with Crippen molar-refractivity contribution >= 4 is 109 Å². The number of benzene rings is 10. The third-order valence-corrected chi connectivity index (χ3v) is 14.1. The molecule has 4 nitrogen and oxygen atoms in total. The molecule has 13 rings (SSSR count). The second kappa shape index (κ2) is 15.2. The minimum absolute atomic E-state index is 1.11. The topological polar surface area (TPSA) is 16.3 Å². The molecule has 65 heavy (non-hydrogen) atoms. The molecule has 0 aliphatic heterocycles. The van der Waals surface area contributed by atoms with Crippen molar-refractivity contribution in [2.75, 3.05) is 9.80 Å². The fourth-order valence-electron chi connectivity index (χ4n) is 10.1. The summed E-state index contributed by atoms with van der Waals surface area (Å²) in [5, 5.41) is 7.71. The van der Waals surface area contributed by atoms with Gasteiger partial charge in [0.25, 0.3) is 0 Å². The van der Waals surface area contributed by atoms with E-state index in [4.69, 9.17) is 0 Å². The lowest BCUT2D eigenvalue weighted by Gasteiger charge is -2.25. The fraction of sp³-hybridized carbons (Fsp3) is 0. The molecule has 10 aromatic carbocycles. The standard InChI is InChI=1S/C60H40N4S/c1-5-17-41(18-6-1)61(42-19-7-2-8-20-42)45-29-33-47(34-30-45)63-53-27-15-13-25-51(53)57-55(63)39-37-49-50-38-40-56-58(60(50)65-59(49)57)52-26-14-16-28-54(52)64(56)48-35-31-46(32-36-48)62(43-21-9-3-10-22-43)44-23-11-4-12-24-44/h1-40H. The maximum atomic E-state index is 2.44. The van der Waals surface area contributed by atoms with Crippen LogP contribution in [0.5, 0.6) is 0 Å². The Kier molecular flexibility index (Phi) is 8.68. The second-order valence-corrected chi connectivity index (χ2v) is 17.5. The third-order valence-electron chi connectivity index (χ3n) is 12.9. The average molecular weight is 849 g/mol. The van der Waals surface area contributed by atoms with Crippen LogP contribution < -0.4 is 9.80 Å². The van der Waals surface area contributed by atoms with Gasteiger partial charge in [0, 0.05) is 87.2 Å². The predicted octanol–water partition coefficient (Wildman–Crippen LogP) is 17.2. The van der Waals surface area contributed by atoms with Crippen LogP contribution in [0, 0.1) is 0 Å². The molecule has 5 heteroatoms. The molecule has 0 amide bonds. The monoisotopic (exact) mass is 848 g/mol. The first-order valence-electron chi connectivity index (χ1n) is 22.1. The number of hydrogen-bond acceptors (Lipinski definition) is 3. The van der Waals surface area contributed by atoms with Crippen LogP contribution in [0.2, 0.25) is 0 Å². The molecule has 0 aliphatic rings. The minimum atomic E-state index is 1.11. The van der Waals surface area contributed by atoms with E-state index in [1.165, 1.54) is 63.8 Å². The molecule has 0 saturated heterocycles. The molecule has 0 aliphatic carbocycles. The van der Waals surface area contributed by atoms with Crippen molar-refractivity contribution in [3.63, 3.8) is 0 Å². The number of thiophene rings is 1. The predicted molar refractivity (Wildman–Crippen MR) is 277 cm³/mol. The molecule has 0 spiro atoms. The second-order valence-electron chi connectivity index (χ2n) is 16.5. The van der Waals surface area contributed by atoms with Gasteiger partial charge in [-0.2, -0.15) is 0 Å². The van der Waals surface area contributed by atoms with Crippen LogP contribution in [-0.2, 0) is 0 Å². The van der Waals surface area contributed by atoms with Gasteiger partial charge in [-0.1, -0.05) is 121 Å². The Labute approximate surface area is 380 Å². The van der Waals surface area contributed by atoms with Crippen molar-refractivity contribution in [3.05, 3.63) is 243 Å². The Morgan fingerprint density at radius 3 is 0.908 bits per heavy atom. The quantitative estimate of drug-likeness (QED) is 0.151. The summed E-state index contributed by atoms with van der Waals surface area (Å²) in [6, 6.07) is 87.6. The highest BCUT2D eigenvalue weighted by molar-refractivity contribution is 7.27. The van der Waals surface area contributed by atoms with E-state index in [1.54, 1.807) is 0 Å². The van der Waals surface area contributed by atoms with Crippen LogP contribution in [0.15, 0.2) is 243 Å². The van der Waals surface area contributed by atoms with Crippen LogP contribution in [0.25, 0.3) is 75.2 Å². The Morgan fingerprint density at radius 1 is 0.246 bits per heavy atom. The SMILES string of the molecule is c1ccc(N(c2ccccc2)c2ccc(-n3c4ccccc4c4c5sc6c(ccc7c6c6ccccc6n7-c6ccc(N(c7ccccc7)c7ccccc7)cc6)c5ccc43)cc2)cc1. The number of hydrogen-bond donors (Lipinski definition) is 0. The van der Waals surface area contributed by atoms with E-state index in [0.717, 1.165) is 45.5 Å². The molecular weight excluding hydrogens is 809 g/mol. The number of nitrogens with zero attached hydrogens (tertiary/aromatic N) is 4. The van der Waals surface area contributed by atoms with E-state index >= 15 is 0 Å². The molecule has 0 unspecified atom stereocenters. The summed E-state index contributed by atoms with van der Waals surface area (Å²) in [5.41, 5.74) is 13.8. The third kappa shape index (κ3) is 5.97. The van der Waals surface area contributed by atoms with Gasteiger partial charge in [0.1, 0.15) is 0 Å². The van der Waals surface area contributed by atoms with Gasteiger partial charge < -0.3 is 18.9 Å². The van der Waals surface area contributed by atoms with Crippen LogP contribution in [0.4, 0.5) is 34.1 Å². The number of rotatable bonds is 8. The molecule has 306 valence electrons. The maximum absolute atomic E-state index is 2.44. The van der Waals surface area contributed by atoms with Gasteiger partial charge in [0.05, 0.1) is 22.1 Å². The van der Waals surface area contributed by atoms with Gasteiger partial charge >= 0.3 is 0 Å². The van der Waals surface area contributed by atoms with E-state index in [9.17, 15) is 0 Å². The molecule has 0 fully saturated rings. The summed E-state index contributed by atoms with van der Waals surface area (Å²) in [6.45, 7) is 0. The summed E-state index contributed by atoms with van der Waals surface area (Å²) in [7, 11) is 0. The van der Waals surface area contributed by atoms with Crippen molar-refractivity contribution in [1.29, 1.82) is 0 Å². The largest absolute Gasteiger partial charge is 0.311 e. The molecule has 3 heterocycles. The van der Waals surface area contributed by atoms with E-state index in [1.807, 2.05) is 11.3 Å². The molecular formula is C60H40N4S. The summed E-state index contributed by atoms with van der Waals surface area (Å²) >= 11 is 1.93. The fourth-order valence-corrected chi connectivity index (χ4v) is 11.5. The summed E-state index contributed by atoms with van der Waals surface area (Å²) in [5.74, 6) is 0. The first kappa shape index (κ1) is 37.2. The van der Waals surface area contributed by atoms with Gasteiger partial charge in [0.2, 0.25) is 0 Å². The van der Waals surface area contributed by atoms with E-state index in [0.29, 0.717) is 0 Å². The normalized spacial score (nSPS) is 11.7. The van der Waals surface area contributed by atoms with Crippen molar-refractivity contribution in [1.82, 2.24) is 9.13 Å². The van der Waals surface area contributed by atoms with Crippen molar-refractivity contribution in [2.24, 2.45) is 0 Å². The zero-order valence-corrected chi connectivity index (χ0v) is 36.1. The van der Waals surface area contributed by atoms with E-state index in [2.05, 4.69) is 262 Å². The lowest BCUT2D eigenvalue weighted by atomic mass is 10.1. The highest BCUT2D eigenvalue weighted by Gasteiger charge is 2.22. The first-order valence-corrected chi connectivity index (χ1v) is 22.9. The van der Waals surface area contributed by atoms with Crippen LogP contribution in [-0.4, -0.2) is 9.13 Å². The number of anilines is 6. The summed E-state index contributed by atoms with van der Waals surface area (Å²) < 4.78 is 7.52. The molecule has 0 atom stereocenters. The Morgan fingerprint density at radius 2 is 0.554 bits per heavy atom. The molecule has 3 aromatic heterocycles. The van der Waals surface area contributed by atoms with Gasteiger partial charge in [-0.3, -0.25) is 0 Å². The van der Waals surface area contributed by atoms with Crippen molar-refractivity contribution in [2.45, 2.75) is 0 Å². The Balaban J connectivity index is 0.958. The molecule has 0 N–H and O–H groups in total. The summed E-state index contributed by atoms with van der Waals surface area (Å²) in [4.78, 5) is 4.63. The lowest BCUT2D eigenvalue weighted by Crippen LogP contribution is -2.09. The molecule has 0 bridgehead atoms. The highest BCUT2D eigenvalue weighted by atomic mass is 32.1. The maximum Gasteiger partial charge on any atom is 0.0555 e. The highest BCUT2D eigenvalue weighted by Crippen LogP contribution is 2.48. The average Bonchev–Trinajstić information content (AvgIpc) is 4.04. The number of para-hydroxylation sites is 6. The molecule has 0 radical (unpaired) electrons. The summed E-state index contributed by atoms with van der Waals surface area (Å²) in [6.07, 6.45) is 0. The van der Waals surface area contributed by atoms with Crippen LogP contribution in [0.1, 0.15) is 0 Å². The van der Waals surface area contributed by atoms with E-state index < -0.39 is 0 Å². The van der Waals surface area contributed by atoms with Gasteiger partial charge in [0.15, 0.2) is 0 Å². The lowest BCUT2D eigenvalue weighted by molar-refractivity contribution is 1.17. The van der Waals surface area contributed by atoms with E-state index in [-0.39, 0.29) is 0 Å². The minimum Gasteiger partial charge on any atom is -0.311 e. The number of fused-ring (bicyclic) bond motifs is 11. The molecule has 0 saturated carbocycles. The zero-order chi connectivity index (χ0) is 42.8. The number of aromatic nitrogens is 2. The first-order chi connectivity index (χ1) is 32.3. The Bertz CT molecular complexity index is 3520. The van der Waals surface area contributed by atoms with Gasteiger partial charge in [-0.15, -0.1) is 11.3 Å². The van der Waals surface area contributed by atoms with Gasteiger partial charge in [-0.25, -0.2) is 0 Å². The zero-order valence-electron chi connectivity index (χ0n) is 35.3. The van der Waals surface area contributed by atoms with Crippen molar-refractivity contribution in [3.8, 4) is 11.4 Å². The molecule has 13 aromatic rings. The van der Waals surface area contributed by atoms with Crippen molar-refractivity contribution < 1.29 is 0 Å². The Hall–Kier alpha value is -8.38. The van der Waals surface area contributed by atoms with Crippen LogP contribution >= 0.6 is 11.3 Å².